The van der Waals surface area contributed by atoms with Gasteiger partial charge in [0.2, 0.25) is 0 Å². The normalized spacial score (nSPS) is 32.5. The molecular formula is C21H34FN. The predicted molar refractivity (Wildman–Crippen MR) is 94.5 cm³/mol. The van der Waals surface area contributed by atoms with Crippen molar-refractivity contribution in [2.24, 2.45) is 23.7 Å². The molecule has 130 valence electrons. The first-order valence-corrected chi connectivity index (χ1v) is 9.98. The van der Waals surface area contributed by atoms with E-state index in [1.165, 1.54) is 70.6 Å². The smallest absolute Gasteiger partial charge is 0.195 e. The molecular weight excluding hydrogens is 285 g/mol. The molecule has 0 N–H and O–H groups in total. The van der Waals surface area contributed by atoms with Crippen LogP contribution in [0.2, 0.25) is 0 Å². The van der Waals surface area contributed by atoms with Crippen molar-refractivity contribution in [3.05, 3.63) is 11.9 Å². The molecule has 1 nitrogen and oxygen atoms in total. The summed E-state index contributed by atoms with van der Waals surface area (Å²) in [6.45, 7) is 2.30. The molecule has 0 saturated heterocycles. The Balaban J connectivity index is 1.59. The molecule has 2 heteroatoms. The number of nitriles is 1. The first kappa shape index (κ1) is 18.5. The summed E-state index contributed by atoms with van der Waals surface area (Å²) in [6.07, 6.45) is 19.0. The lowest BCUT2D eigenvalue weighted by Gasteiger charge is -2.31. The number of halogens is 1. The quantitative estimate of drug-likeness (QED) is 0.466. The first-order chi connectivity index (χ1) is 11.2. The van der Waals surface area contributed by atoms with Crippen LogP contribution < -0.4 is 0 Å². The number of hydrogen-bond donors (Lipinski definition) is 0. The van der Waals surface area contributed by atoms with E-state index in [1.807, 2.05) is 0 Å². The minimum absolute atomic E-state index is 0.305. The molecule has 2 fully saturated rings. The highest BCUT2D eigenvalue weighted by Gasteiger charge is 2.24. The Kier molecular flexibility index (Phi) is 8.13. The van der Waals surface area contributed by atoms with E-state index in [4.69, 9.17) is 5.26 Å². The molecule has 0 bridgehead atoms. The minimum Gasteiger partial charge on any atom is -0.195 e. The van der Waals surface area contributed by atoms with Gasteiger partial charge in [-0.05, 0) is 55.4 Å². The summed E-state index contributed by atoms with van der Waals surface area (Å²) in [5.74, 6) is 2.56. The molecule has 2 aliphatic rings. The van der Waals surface area contributed by atoms with E-state index in [9.17, 15) is 4.39 Å². The van der Waals surface area contributed by atoms with Crippen LogP contribution in [0.5, 0.6) is 0 Å². The van der Waals surface area contributed by atoms with Gasteiger partial charge in [0.1, 0.15) is 6.07 Å². The Morgan fingerprint density at radius 2 is 1.39 bits per heavy atom. The van der Waals surface area contributed by atoms with E-state index in [0.29, 0.717) is 5.92 Å². The van der Waals surface area contributed by atoms with Crippen molar-refractivity contribution >= 4 is 0 Å². The molecule has 2 aliphatic carbocycles. The summed E-state index contributed by atoms with van der Waals surface area (Å²) in [4.78, 5) is 0. The highest BCUT2D eigenvalue weighted by molar-refractivity contribution is 5.13. The van der Waals surface area contributed by atoms with Gasteiger partial charge in [0.05, 0.1) is 0 Å². The van der Waals surface area contributed by atoms with Crippen molar-refractivity contribution in [2.75, 3.05) is 0 Å². The third-order valence-corrected chi connectivity index (χ3v) is 6.30. The Hall–Kier alpha value is -0.840. The summed E-state index contributed by atoms with van der Waals surface area (Å²) in [7, 11) is 0. The van der Waals surface area contributed by atoms with E-state index in [0.717, 1.165) is 30.6 Å². The van der Waals surface area contributed by atoms with E-state index < -0.39 is 5.83 Å². The van der Waals surface area contributed by atoms with Gasteiger partial charge in [-0.3, -0.25) is 0 Å². The van der Waals surface area contributed by atoms with Crippen molar-refractivity contribution in [1.82, 2.24) is 0 Å². The van der Waals surface area contributed by atoms with E-state index in [1.54, 1.807) is 12.1 Å². The van der Waals surface area contributed by atoms with Crippen molar-refractivity contribution in [2.45, 2.75) is 90.4 Å². The second-order valence-corrected chi connectivity index (χ2v) is 8.01. The second kappa shape index (κ2) is 10.1. The van der Waals surface area contributed by atoms with Crippen LogP contribution in [-0.4, -0.2) is 0 Å². The third-order valence-electron chi connectivity index (χ3n) is 6.30. The number of unbranched alkanes of at least 4 members (excludes halogenated alkanes) is 1. The van der Waals surface area contributed by atoms with Crippen LogP contribution in [0.15, 0.2) is 11.9 Å². The minimum atomic E-state index is -0.590. The number of rotatable bonds is 7. The zero-order valence-electron chi connectivity index (χ0n) is 14.9. The molecule has 0 aromatic heterocycles. The average Bonchev–Trinajstić information content (AvgIpc) is 2.60. The van der Waals surface area contributed by atoms with Crippen LogP contribution in [0.25, 0.3) is 0 Å². The van der Waals surface area contributed by atoms with Crippen molar-refractivity contribution in [3.8, 4) is 6.07 Å². The maximum atomic E-state index is 13.0. The lowest BCUT2D eigenvalue weighted by Crippen LogP contribution is -2.17. The maximum absolute atomic E-state index is 13.0. The van der Waals surface area contributed by atoms with Crippen LogP contribution >= 0.6 is 0 Å². The molecule has 0 atom stereocenters. The summed E-state index contributed by atoms with van der Waals surface area (Å²) in [6, 6.07) is 1.60. The molecule has 2 rings (SSSR count). The topological polar surface area (TPSA) is 23.8 Å². The van der Waals surface area contributed by atoms with E-state index in [2.05, 4.69) is 6.92 Å². The van der Waals surface area contributed by atoms with Gasteiger partial charge < -0.3 is 0 Å². The highest BCUT2D eigenvalue weighted by atomic mass is 19.1. The van der Waals surface area contributed by atoms with Gasteiger partial charge in [0.25, 0.3) is 0 Å². The summed E-state index contributed by atoms with van der Waals surface area (Å²) in [5.41, 5.74) is 0. The molecule has 0 spiro atoms. The zero-order valence-corrected chi connectivity index (χ0v) is 14.9. The number of nitrogens with zero attached hydrogens (tertiary/aromatic N) is 1. The lowest BCUT2D eigenvalue weighted by atomic mass is 9.75. The largest absolute Gasteiger partial charge is 0.196 e. The standard InChI is InChI=1S/C21H34FN/c1-2-3-4-17-5-7-18(8-6-17)9-10-19-11-13-20(14-12-19)15-21(22)16-23/h15,17-20H,2-14H2,1H3/t17-,18-,19-,20-. The molecule has 0 aromatic carbocycles. The first-order valence-electron chi connectivity index (χ1n) is 9.98. The molecule has 0 unspecified atom stereocenters. The Morgan fingerprint density at radius 3 is 1.87 bits per heavy atom. The molecule has 0 heterocycles. The third kappa shape index (κ3) is 6.66. The lowest BCUT2D eigenvalue weighted by molar-refractivity contribution is 0.219. The SMILES string of the molecule is CCCC[C@H]1CC[C@H](CC[C@H]2CC[C@H](C=C(F)C#N)CC2)CC1. The van der Waals surface area contributed by atoms with Gasteiger partial charge in [-0.25, -0.2) is 0 Å². The summed E-state index contributed by atoms with van der Waals surface area (Å²) < 4.78 is 13.0. The number of allylic oxidation sites excluding steroid dienone is 2. The summed E-state index contributed by atoms with van der Waals surface area (Å²) in [5, 5.41) is 8.52. The Labute approximate surface area is 142 Å². The zero-order chi connectivity index (χ0) is 16.5. The fraction of sp³-hybridized carbons (Fsp3) is 0.857. The van der Waals surface area contributed by atoms with Gasteiger partial charge in [0.15, 0.2) is 5.83 Å². The van der Waals surface area contributed by atoms with E-state index >= 15 is 0 Å². The van der Waals surface area contributed by atoms with Crippen molar-refractivity contribution < 1.29 is 4.39 Å². The Morgan fingerprint density at radius 1 is 0.913 bits per heavy atom. The van der Waals surface area contributed by atoms with E-state index in [-0.39, 0.29) is 0 Å². The molecule has 0 radical (unpaired) electrons. The second-order valence-electron chi connectivity index (χ2n) is 8.01. The molecule has 0 amide bonds. The fourth-order valence-electron chi connectivity index (χ4n) is 4.66. The molecule has 0 aromatic rings. The van der Waals surface area contributed by atoms with Gasteiger partial charge in [-0.1, -0.05) is 64.7 Å². The average molecular weight is 320 g/mol. The molecule has 23 heavy (non-hydrogen) atoms. The van der Waals surface area contributed by atoms with Crippen LogP contribution in [0, 0.1) is 35.0 Å². The van der Waals surface area contributed by atoms with Gasteiger partial charge in [-0.2, -0.15) is 9.65 Å². The van der Waals surface area contributed by atoms with Gasteiger partial charge in [-0.15, -0.1) is 0 Å². The van der Waals surface area contributed by atoms with Crippen LogP contribution in [0.4, 0.5) is 4.39 Å². The fourth-order valence-corrected chi connectivity index (χ4v) is 4.66. The van der Waals surface area contributed by atoms with Gasteiger partial charge in [0, 0.05) is 0 Å². The monoisotopic (exact) mass is 319 g/mol. The predicted octanol–water partition coefficient (Wildman–Crippen LogP) is 6.95. The summed E-state index contributed by atoms with van der Waals surface area (Å²) >= 11 is 0. The molecule has 2 saturated carbocycles. The maximum Gasteiger partial charge on any atom is 0.196 e. The van der Waals surface area contributed by atoms with Crippen molar-refractivity contribution in [1.29, 1.82) is 5.26 Å². The van der Waals surface area contributed by atoms with Crippen LogP contribution in [0.3, 0.4) is 0 Å². The van der Waals surface area contributed by atoms with Gasteiger partial charge >= 0.3 is 0 Å². The van der Waals surface area contributed by atoms with Crippen LogP contribution in [0.1, 0.15) is 90.4 Å². The highest BCUT2D eigenvalue weighted by Crippen LogP contribution is 2.38. The Bertz CT molecular complexity index is 393. The van der Waals surface area contributed by atoms with Crippen LogP contribution in [-0.2, 0) is 0 Å². The number of hydrogen-bond acceptors (Lipinski definition) is 1. The molecule has 0 aliphatic heterocycles. The van der Waals surface area contributed by atoms with Crippen molar-refractivity contribution in [3.63, 3.8) is 0 Å².